The third-order valence-electron chi connectivity index (χ3n) is 3.35. The normalized spacial score (nSPS) is 13.8. The first-order valence-corrected chi connectivity index (χ1v) is 5.98. The second-order valence-corrected chi connectivity index (χ2v) is 4.36. The second-order valence-electron chi connectivity index (χ2n) is 4.36. The number of ether oxygens (including phenoxy) is 1. The molecular weight excluding hydrogens is 206 g/mol. The minimum absolute atomic E-state index is 0.289. The van der Waals surface area contributed by atoms with Crippen molar-refractivity contribution >= 4 is 5.97 Å². The lowest BCUT2D eigenvalue weighted by molar-refractivity contribution is -0.149. The third-order valence-corrected chi connectivity index (χ3v) is 3.35. The predicted octanol–water partition coefficient (Wildman–Crippen LogP) is 1.89. The molecule has 1 atom stereocenters. The molecule has 0 amide bonds. The highest BCUT2D eigenvalue weighted by atomic mass is 16.5. The van der Waals surface area contributed by atoms with Crippen molar-refractivity contribution in [2.75, 3.05) is 20.3 Å². The Morgan fingerprint density at radius 1 is 1.44 bits per heavy atom. The van der Waals surface area contributed by atoms with E-state index < -0.39 is 11.4 Å². The number of hydrogen-bond donors (Lipinski definition) is 2. The minimum atomic E-state index is -0.705. The van der Waals surface area contributed by atoms with E-state index in [9.17, 15) is 9.90 Å². The summed E-state index contributed by atoms with van der Waals surface area (Å²) in [5.41, 5.74) is -0.624. The topological polar surface area (TPSA) is 58.6 Å². The summed E-state index contributed by atoms with van der Waals surface area (Å²) in [5, 5.41) is 12.5. The molecule has 2 N–H and O–H groups in total. The van der Waals surface area contributed by atoms with Crippen molar-refractivity contribution in [2.24, 2.45) is 5.41 Å². The molecule has 0 aromatic heterocycles. The zero-order chi connectivity index (χ0) is 12.6. The molecule has 0 saturated carbocycles. The van der Waals surface area contributed by atoms with Gasteiger partial charge in [-0.2, -0.15) is 0 Å². The van der Waals surface area contributed by atoms with E-state index in [1.807, 2.05) is 13.8 Å². The molecule has 0 heterocycles. The average molecular weight is 231 g/mol. The van der Waals surface area contributed by atoms with E-state index in [1.54, 1.807) is 7.11 Å². The van der Waals surface area contributed by atoms with Crippen LogP contribution in [0.2, 0.25) is 0 Å². The van der Waals surface area contributed by atoms with Gasteiger partial charge in [-0.1, -0.05) is 13.8 Å². The van der Waals surface area contributed by atoms with Gasteiger partial charge in [0.15, 0.2) is 0 Å². The van der Waals surface area contributed by atoms with Gasteiger partial charge < -0.3 is 15.2 Å². The Morgan fingerprint density at radius 2 is 2.00 bits per heavy atom. The monoisotopic (exact) mass is 231 g/mol. The molecule has 0 rings (SSSR count). The molecule has 1 unspecified atom stereocenters. The van der Waals surface area contributed by atoms with Crippen LogP contribution in [0.3, 0.4) is 0 Å². The molecular formula is C12H25NO3. The number of aliphatic carboxylic acids is 1. The molecule has 0 aliphatic rings. The van der Waals surface area contributed by atoms with Gasteiger partial charge >= 0.3 is 5.97 Å². The first-order chi connectivity index (χ1) is 7.52. The highest BCUT2D eigenvalue weighted by Crippen LogP contribution is 2.25. The Kier molecular flexibility index (Phi) is 7.34. The summed E-state index contributed by atoms with van der Waals surface area (Å²) >= 11 is 0. The Hall–Kier alpha value is -0.610. The van der Waals surface area contributed by atoms with Crippen LogP contribution >= 0.6 is 0 Å². The fourth-order valence-electron chi connectivity index (χ4n) is 1.64. The maximum Gasteiger partial charge on any atom is 0.310 e. The van der Waals surface area contributed by atoms with Gasteiger partial charge in [0.25, 0.3) is 0 Å². The van der Waals surface area contributed by atoms with Crippen molar-refractivity contribution in [2.45, 2.75) is 46.1 Å². The van der Waals surface area contributed by atoms with E-state index in [1.165, 1.54) is 0 Å². The third kappa shape index (κ3) is 4.49. The summed E-state index contributed by atoms with van der Waals surface area (Å²) in [6.07, 6.45) is 2.21. The molecule has 0 radical (unpaired) electrons. The van der Waals surface area contributed by atoms with Crippen LogP contribution in [0, 0.1) is 5.41 Å². The summed E-state index contributed by atoms with van der Waals surface area (Å²) in [6, 6.07) is 0.289. The quantitative estimate of drug-likeness (QED) is 0.636. The molecule has 4 nitrogen and oxygen atoms in total. The fraction of sp³-hybridized carbons (Fsp3) is 0.917. The fourth-order valence-corrected chi connectivity index (χ4v) is 1.64. The van der Waals surface area contributed by atoms with E-state index in [0.717, 1.165) is 6.42 Å². The molecule has 0 bridgehead atoms. The Balaban J connectivity index is 4.16. The first kappa shape index (κ1) is 15.4. The zero-order valence-electron chi connectivity index (χ0n) is 10.9. The summed E-state index contributed by atoms with van der Waals surface area (Å²) in [4.78, 5) is 11.2. The molecule has 0 aliphatic carbocycles. The molecule has 0 aromatic carbocycles. The Labute approximate surface area is 98.4 Å². The van der Waals surface area contributed by atoms with E-state index in [-0.39, 0.29) is 6.04 Å². The van der Waals surface area contributed by atoms with Crippen LogP contribution in [0.25, 0.3) is 0 Å². The van der Waals surface area contributed by atoms with Gasteiger partial charge in [0.1, 0.15) is 0 Å². The molecule has 0 fully saturated rings. The van der Waals surface area contributed by atoms with Gasteiger partial charge in [0.2, 0.25) is 0 Å². The number of methoxy groups -OCH3 is 1. The van der Waals surface area contributed by atoms with Crippen molar-refractivity contribution in [1.82, 2.24) is 5.32 Å². The minimum Gasteiger partial charge on any atom is -0.481 e. The van der Waals surface area contributed by atoms with Crippen LogP contribution in [0.5, 0.6) is 0 Å². The van der Waals surface area contributed by atoms with E-state index in [2.05, 4.69) is 12.2 Å². The number of nitrogens with one attached hydrogen (secondary N) is 1. The van der Waals surface area contributed by atoms with E-state index in [0.29, 0.717) is 26.0 Å². The maximum absolute atomic E-state index is 11.2. The summed E-state index contributed by atoms with van der Waals surface area (Å²) in [6.45, 7) is 7.14. The number of carboxylic acids is 1. The molecule has 16 heavy (non-hydrogen) atoms. The molecule has 0 aliphatic heterocycles. The van der Waals surface area contributed by atoms with Crippen LogP contribution in [0.1, 0.15) is 40.0 Å². The predicted molar refractivity (Wildman–Crippen MR) is 64.6 cm³/mol. The van der Waals surface area contributed by atoms with E-state index in [4.69, 9.17) is 4.74 Å². The Morgan fingerprint density at radius 3 is 2.38 bits per heavy atom. The lowest BCUT2D eigenvalue weighted by Gasteiger charge is -2.28. The van der Waals surface area contributed by atoms with Crippen molar-refractivity contribution in [3.05, 3.63) is 0 Å². The van der Waals surface area contributed by atoms with Gasteiger partial charge in [-0.15, -0.1) is 0 Å². The van der Waals surface area contributed by atoms with Gasteiger partial charge in [-0.3, -0.25) is 4.79 Å². The largest absolute Gasteiger partial charge is 0.481 e. The summed E-state index contributed by atoms with van der Waals surface area (Å²) < 4.78 is 4.99. The van der Waals surface area contributed by atoms with Crippen molar-refractivity contribution < 1.29 is 14.6 Å². The van der Waals surface area contributed by atoms with Crippen molar-refractivity contribution in [3.63, 3.8) is 0 Å². The van der Waals surface area contributed by atoms with Crippen LogP contribution in [0.15, 0.2) is 0 Å². The number of rotatable bonds is 9. The van der Waals surface area contributed by atoms with Crippen molar-refractivity contribution in [3.8, 4) is 0 Å². The SMILES string of the molecule is CCC(CC)(CNC(C)CCOC)C(=O)O. The van der Waals surface area contributed by atoms with Gasteiger partial charge in [-0.05, 0) is 26.2 Å². The number of carboxylic acid groups (broad SMARTS) is 1. The molecule has 0 spiro atoms. The molecule has 96 valence electrons. The summed E-state index contributed by atoms with van der Waals surface area (Å²) in [5.74, 6) is -0.705. The highest BCUT2D eigenvalue weighted by Gasteiger charge is 2.34. The molecule has 4 heteroatoms. The van der Waals surface area contributed by atoms with Gasteiger partial charge in [0.05, 0.1) is 5.41 Å². The molecule has 0 aromatic rings. The lowest BCUT2D eigenvalue weighted by atomic mass is 9.82. The lowest BCUT2D eigenvalue weighted by Crippen LogP contribution is -2.43. The van der Waals surface area contributed by atoms with Crippen LogP contribution in [0.4, 0.5) is 0 Å². The number of carbonyl (C=O) groups is 1. The van der Waals surface area contributed by atoms with E-state index >= 15 is 0 Å². The summed E-state index contributed by atoms with van der Waals surface area (Å²) in [7, 11) is 1.67. The van der Waals surface area contributed by atoms with Crippen LogP contribution in [-0.2, 0) is 9.53 Å². The maximum atomic E-state index is 11.2. The smallest absolute Gasteiger partial charge is 0.310 e. The second kappa shape index (κ2) is 7.63. The van der Waals surface area contributed by atoms with Crippen LogP contribution < -0.4 is 5.32 Å². The number of hydrogen-bond acceptors (Lipinski definition) is 3. The van der Waals surface area contributed by atoms with Gasteiger partial charge in [0, 0.05) is 26.3 Å². The molecule has 0 saturated heterocycles. The zero-order valence-corrected chi connectivity index (χ0v) is 10.9. The standard InChI is InChI=1S/C12H25NO3/c1-5-12(6-2,11(14)15)9-13-10(3)7-8-16-4/h10,13H,5-9H2,1-4H3,(H,14,15). The van der Waals surface area contributed by atoms with Crippen LogP contribution in [-0.4, -0.2) is 37.4 Å². The van der Waals surface area contributed by atoms with Gasteiger partial charge in [-0.25, -0.2) is 0 Å². The van der Waals surface area contributed by atoms with Crippen molar-refractivity contribution in [1.29, 1.82) is 0 Å². The first-order valence-electron chi connectivity index (χ1n) is 5.98. The average Bonchev–Trinajstić information content (AvgIpc) is 2.28. The Bertz CT molecular complexity index is 202. The highest BCUT2D eigenvalue weighted by molar-refractivity contribution is 5.74.